The van der Waals surface area contributed by atoms with E-state index in [0.29, 0.717) is 36.8 Å². The minimum absolute atomic E-state index is 0.0681. The summed E-state index contributed by atoms with van der Waals surface area (Å²) in [5, 5.41) is 3.93. The molecule has 1 aromatic rings. The number of hydrogen-bond acceptors (Lipinski definition) is 5. The molecule has 3 unspecified atom stereocenters. The number of halogens is 2. The van der Waals surface area contributed by atoms with Crippen LogP contribution in [0.5, 0.6) is 0 Å². The van der Waals surface area contributed by atoms with Crippen molar-refractivity contribution in [2.24, 2.45) is 4.99 Å². The van der Waals surface area contributed by atoms with E-state index in [1.807, 2.05) is 20.8 Å². The monoisotopic (exact) mass is 408 g/mol. The van der Waals surface area contributed by atoms with Gasteiger partial charge in [0.15, 0.2) is 5.96 Å². The van der Waals surface area contributed by atoms with Crippen LogP contribution in [-0.4, -0.2) is 65.7 Å². The van der Waals surface area contributed by atoms with E-state index in [4.69, 9.17) is 16.3 Å². The molecule has 1 aromatic carbocycles. The SMILES string of the molecule is CC(C)(C)OC(=O)N1CCN2C(NC3CC3c3c(F)cccc3Cl)=NCC2C1. The van der Waals surface area contributed by atoms with Crippen LogP contribution in [0.3, 0.4) is 0 Å². The molecule has 2 fully saturated rings. The summed E-state index contributed by atoms with van der Waals surface area (Å²) in [5.74, 6) is 0.659. The molecule has 0 aromatic heterocycles. The number of piperazine rings is 1. The fourth-order valence-electron chi connectivity index (χ4n) is 3.90. The highest BCUT2D eigenvalue weighted by Gasteiger charge is 2.44. The van der Waals surface area contributed by atoms with Crippen LogP contribution in [0.25, 0.3) is 0 Å². The first-order valence-electron chi connectivity index (χ1n) is 9.72. The second-order valence-corrected chi connectivity index (χ2v) is 9.07. The highest BCUT2D eigenvalue weighted by molar-refractivity contribution is 6.31. The molecule has 28 heavy (non-hydrogen) atoms. The van der Waals surface area contributed by atoms with Gasteiger partial charge in [-0.25, -0.2) is 9.18 Å². The molecular weight excluding hydrogens is 383 g/mol. The van der Waals surface area contributed by atoms with E-state index < -0.39 is 5.60 Å². The summed E-state index contributed by atoms with van der Waals surface area (Å²) >= 11 is 6.19. The molecule has 1 N–H and O–H groups in total. The molecule has 2 aliphatic heterocycles. The smallest absolute Gasteiger partial charge is 0.410 e. The minimum atomic E-state index is -0.498. The molecule has 2 heterocycles. The third kappa shape index (κ3) is 3.90. The fraction of sp³-hybridized carbons (Fsp3) is 0.600. The summed E-state index contributed by atoms with van der Waals surface area (Å²) in [7, 11) is 0. The van der Waals surface area contributed by atoms with Crippen LogP contribution in [0, 0.1) is 5.82 Å². The van der Waals surface area contributed by atoms with E-state index in [1.165, 1.54) is 6.07 Å². The summed E-state index contributed by atoms with van der Waals surface area (Å²) in [6.07, 6.45) is 0.562. The number of fused-ring (bicyclic) bond motifs is 1. The van der Waals surface area contributed by atoms with Gasteiger partial charge < -0.3 is 19.9 Å². The van der Waals surface area contributed by atoms with E-state index in [1.54, 1.807) is 17.0 Å². The predicted octanol–water partition coefficient (Wildman–Crippen LogP) is 3.22. The van der Waals surface area contributed by atoms with Gasteiger partial charge in [-0.1, -0.05) is 17.7 Å². The maximum Gasteiger partial charge on any atom is 0.410 e. The number of aliphatic imine (C=N–C) groups is 1. The Hall–Kier alpha value is -2.02. The van der Waals surface area contributed by atoms with Gasteiger partial charge in [-0.3, -0.25) is 4.99 Å². The Morgan fingerprint density at radius 3 is 2.86 bits per heavy atom. The lowest BCUT2D eigenvalue weighted by Crippen LogP contribution is -2.57. The van der Waals surface area contributed by atoms with E-state index in [9.17, 15) is 9.18 Å². The Bertz CT molecular complexity index is 790. The summed E-state index contributed by atoms with van der Waals surface area (Å²) in [6.45, 7) is 8.14. The number of rotatable bonds is 2. The number of ether oxygens (including phenoxy) is 1. The molecule has 8 heteroatoms. The Labute approximate surface area is 169 Å². The maximum atomic E-state index is 14.1. The minimum Gasteiger partial charge on any atom is -0.444 e. The number of nitrogens with one attached hydrogen (secondary N) is 1. The zero-order valence-electron chi connectivity index (χ0n) is 16.4. The average Bonchev–Trinajstić information content (AvgIpc) is 3.23. The summed E-state index contributed by atoms with van der Waals surface area (Å²) < 4.78 is 19.6. The first-order valence-corrected chi connectivity index (χ1v) is 10.1. The van der Waals surface area contributed by atoms with Gasteiger partial charge in [-0.15, -0.1) is 0 Å². The van der Waals surface area contributed by atoms with Crippen molar-refractivity contribution in [2.45, 2.75) is 50.8 Å². The number of carbonyl (C=O) groups excluding carboxylic acids is 1. The molecule has 0 spiro atoms. The molecule has 152 valence electrons. The van der Waals surface area contributed by atoms with E-state index in [-0.39, 0.29) is 29.9 Å². The second kappa shape index (κ2) is 7.10. The summed E-state index contributed by atoms with van der Waals surface area (Å²) in [4.78, 5) is 20.9. The van der Waals surface area contributed by atoms with Crippen LogP contribution in [0.4, 0.5) is 9.18 Å². The average molecular weight is 409 g/mol. The van der Waals surface area contributed by atoms with Gasteiger partial charge in [0.1, 0.15) is 11.4 Å². The summed E-state index contributed by atoms with van der Waals surface area (Å²) in [6, 6.07) is 5.10. The molecule has 1 amide bonds. The third-order valence-corrected chi connectivity index (χ3v) is 5.66. The molecular formula is C20H26ClFN4O2. The molecule has 3 atom stereocenters. The van der Waals surface area contributed by atoms with Crippen LogP contribution >= 0.6 is 11.6 Å². The van der Waals surface area contributed by atoms with Crippen molar-refractivity contribution < 1.29 is 13.9 Å². The standard InChI is InChI=1S/C20H26ClFN4O2/c1-20(2,3)28-19(27)25-7-8-26-12(11-25)10-23-18(26)24-16-9-13(16)17-14(21)5-4-6-15(17)22/h4-6,12-13,16H,7-11H2,1-3H3,(H,23,24). The van der Waals surface area contributed by atoms with Gasteiger partial charge in [-0.2, -0.15) is 0 Å². The van der Waals surface area contributed by atoms with Crippen molar-refractivity contribution in [1.82, 2.24) is 15.1 Å². The maximum absolute atomic E-state index is 14.1. The Balaban J connectivity index is 1.33. The van der Waals surface area contributed by atoms with E-state index in [0.717, 1.165) is 12.4 Å². The van der Waals surface area contributed by atoms with Crippen molar-refractivity contribution in [2.75, 3.05) is 26.2 Å². The molecule has 0 radical (unpaired) electrons. The quantitative estimate of drug-likeness (QED) is 0.816. The molecule has 1 saturated carbocycles. The molecule has 1 aliphatic carbocycles. The van der Waals surface area contributed by atoms with Crippen molar-refractivity contribution in [3.05, 3.63) is 34.6 Å². The molecule has 6 nitrogen and oxygen atoms in total. The molecule has 3 aliphatic rings. The number of benzene rings is 1. The number of carbonyl (C=O) groups is 1. The van der Waals surface area contributed by atoms with Crippen LogP contribution < -0.4 is 5.32 Å². The fourth-order valence-corrected chi connectivity index (χ4v) is 4.20. The zero-order chi connectivity index (χ0) is 20.1. The number of guanidine groups is 1. The van der Waals surface area contributed by atoms with E-state index in [2.05, 4.69) is 15.2 Å². The van der Waals surface area contributed by atoms with Crippen molar-refractivity contribution in [1.29, 1.82) is 0 Å². The van der Waals surface area contributed by atoms with Gasteiger partial charge in [-0.05, 0) is 39.3 Å². The van der Waals surface area contributed by atoms with Gasteiger partial charge in [0, 0.05) is 42.2 Å². The Morgan fingerprint density at radius 2 is 2.14 bits per heavy atom. The predicted molar refractivity (Wildman–Crippen MR) is 106 cm³/mol. The van der Waals surface area contributed by atoms with E-state index >= 15 is 0 Å². The lowest BCUT2D eigenvalue weighted by Gasteiger charge is -2.39. The van der Waals surface area contributed by atoms with Crippen molar-refractivity contribution in [3.63, 3.8) is 0 Å². The zero-order valence-corrected chi connectivity index (χ0v) is 17.2. The van der Waals surface area contributed by atoms with Gasteiger partial charge in [0.25, 0.3) is 0 Å². The molecule has 4 rings (SSSR count). The van der Waals surface area contributed by atoms with Gasteiger partial charge >= 0.3 is 6.09 Å². The number of amides is 1. The molecule has 0 bridgehead atoms. The highest BCUT2D eigenvalue weighted by Crippen LogP contribution is 2.45. The molecule has 1 saturated heterocycles. The lowest BCUT2D eigenvalue weighted by atomic mass is 10.1. The van der Waals surface area contributed by atoms with Gasteiger partial charge in [0.2, 0.25) is 0 Å². The first kappa shape index (κ1) is 19.3. The largest absolute Gasteiger partial charge is 0.444 e. The van der Waals surface area contributed by atoms with Crippen LogP contribution in [0.1, 0.15) is 38.7 Å². The first-order chi connectivity index (χ1) is 13.2. The van der Waals surface area contributed by atoms with Crippen LogP contribution in [-0.2, 0) is 4.74 Å². The number of hydrogen-bond donors (Lipinski definition) is 1. The van der Waals surface area contributed by atoms with Crippen molar-refractivity contribution in [3.8, 4) is 0 Å². The van der Waals surface area contributed by atoms with Crippen LogP contribution in [0.15, 0.2) is 23.2 Å². The van der Waals surface area contributed by atoms with Crippen molar-refractivity contribution >= 4 is 23.7 Å². The number of nitrogens with zero attached hydrogens (tertiary/aromatic N) is 3. The second-order valence-electron chi connectivity index (χ2n) is 8.67. The Kier molecular flexibility index (Phi) is 4.89. The Morgan fingerprint density at radius 1 is 1.36 bits per heavy atom. The van der Waals surface area contributed by atoms with Crippen LogP contribution in [0.2, 0.25) is 5.02 Å². The lowest BCUT2D eigenvalue weighted by molar-refractivity contribution is 0.0137. The highest BCUT2D eigenvalue weighted by atomic mass is 35.5. The summed E-state index contributed by atoms with van der Waals surface area (Å²) in [5.41, 5.74) is 0.0915. The van der Waals surface area contributed by atoms with Gasteiger partial charge in [0.05, 0.1) is 12.6 Å². The third-order valence-electron chi connectivity index (χ3n) is 5.33. The normalized spacial score (nSPS) is 26.6. The topological polar surface area (TPSA) is 57.2 Å².